The fraction of sp³-hybridized carbons (Fsp3) is 0.200. The van der Waals surface area contributed by atoms with Gasteiger partial charge in [0, 0.05) is 12.4 Å². The van der Waals surface area contributed by atoms with Gasteiger partial charge in [0.1, 0.15) is 5.76 Å². The van der Waals surface area contributed by atoms with Crippen LogP contribution in [0.3, 0.4) is 0 Å². The summed E-state index contributed by atoms with van der Waals surface area (Å²) in [7, 11) is 0. The average molecular weight is 174 g/mol. The minimum absolute atomic E-state index is 0.403. The van der Waals surface area contributed by atoms with Crippen LogP contribution in [0.4, 0.5) is 0 Å². The van der Waals surface area contributed by atoms with Crippen LogP contribution in [0.25, 0.3) is 0 Å². The predicted octanol–water partition coefficient (Wildman–Crippen LogP) is 2.09. The van der Waals surface area contributed by atoms with Gasteiger partial charge in [0.15, 0.2) is 0 Å². The van der Waals surface area contributed by atoms with Crippen molar-refractivity contribution in [1.29, 1.82) is 0 Å². The molecule has 13 heavy (non-hydrogen) atoms. The van der Waals surface area contributed by atoms with Gasteiger partial charge in [-0.2, -0.15) is 0 Å². The number of hydrogen-bond acceptors (Lipinski definition) is 3. The molecule has 1 aromatic heterocycles. The van der Waals surface area contributed by atoms with Gasteiger partial charge in [-0.3, -0.25) is 0 Å². The molecule has 1 heterocycles. The van der Waals surface area contributed by atoms with Crippen molar-refractivity contribution < 1.29 is 4.74 Å². The molecule has 0 radical (unpaired) electrons. The molecule has 0 unspecified atom stereocenters. The summed E-state index contributed by atoms with van der Waals surface area (Å²) in [5, 5.41) is 0. The van der Waals surface area contributed by atoms with Crippen molar-refractivity contribution in [2.45, 2.75) is 12.8 Å². The molecule has 3 nitrogen and oxygen atoms in total. The van der Waals surface area contributed by atoms with E-state index >= 15 is 0 Å². The van der Waals surface area contributed by atoms with E-state index in [2.05, 4.69) is 16.0 Å². The molecule has 0 atom stereocenters. The Morgan fingerprint density at radius 3 is 2.69 bits per heavy atom. The summed E-state index contributed by atoms with van der Waals surface area (Å²) >= 11 is 0. The molecule has 3 heteroatoms. The third-order valence-corrected chi connectivity index (χ3v) is 1.71. The maximum absolute atomic E-state index is 5.41. The van der Waals surface area contributed by atoms with Gasteiger partial charge >= 0.3 is 6.01 Å². The van der Waals surface area contributed by atoms with Gasteiger partial charge in [0.25, 0.3) is 0 Å². The molecule has 1 aromatic rings. The summed E-state index contributed by atoms with van der Waals surface area (Å²) in [6.45, 7) is 0. The summed E-state index contributed by atoms with van der Waals surface area (Å²) in [5.74, 6) is 0.831. The minimum Gasteiger partial charge on any atom is -0.425 e. The second-order valence-electron chi connectivity index (χ2n) is 2.72. The Morgan fingerprint density at radius 1 is 1.15 bits per heavy atom. The van der Waals surface area contributed by atoms with E-state index in [9.17, 15) is 0 Å². The number of aromatic nitrogens is 2. The topological polar surface area (TPSA) is 35.0 Å². The first kappa shape index (κ1) is 7.98. The van der Waals surface area contributed by atoms with E-state index < -0.39 is 0 Å². The van der Waals surface area contributed by atoms with Crippen molar-refractivity contribution in [3.8, 4) is 6.01 Å². The first-order valence-corrected chi connectivity index (χ1v) is 4.27. The summed E-state index contributed by atoms with van der Waals surface area (Å²) in [6.07, 6.45) is 11.5. The van der Waals surface area contributed by atoms with Crippen molar-refractivity contribution in [2.75, 3.05) is 0 Å². The fourth-order valence-electron chi connectivity index (χ4n) is 1.11. The third kappa shape index (κ3) is 2.15. The molecule has 2 rings (SSSR count). The van der Waals surface area contributed by atoms with E-state index in [1.807, 2.05) is 12.2 Å². The SMILES string of the molecule is C1=CC(Oc2ncccn2)=CCC1. The highest BCUT2D eigenvalue weighted by molar-refractivity contribution is 5.19. The van der Waals surface area contributed by atoms with Gasteiger partial charge < -0.3 is 4.74 Å². The molecular weight excluding hydrogens is 164 g/mol. The monoisotopic (exact) mass is 174 g/mol. The smallest absolute Gasteiger partial charge is 0.321 e. The Bertz CT molecular complexity index is 330. The van der Waals surface area contributed by atoms with Crippen molar-refractivity contribution in [2.24, 2.45) is 0 Å². The first-order valence-electron chi connectivity index (χ1n) is 4.27. The molecule has 0 spiro atoms. The molecule has 0 saturated heterocycles. The molecule has 66 valence electrons. The van der Waals surface area contributed by atoms with Crippen molar-refractivity contribution in [3.63, 3.8) is 0 Å². The zero-order chi connectivity index (χ0) is 8.93. The zero-order valence-electron chi connectivity index (χ0n) is 7.18. The third-order valence-electron chi connectivity index (χ3n) is 1.71. The standard InChI is InChI=1S/C10H10N2O/c1-2-5-9(6-3-1)13-10-11-7-4-8-12-10/h2,4-8H,1,3H2. The van der Waals surface area contributed by atoms with Crippen molar-refractivity contribution >= 4 is 0 Å². The Morgan fingerprint density at radius 2 is 2.00 bits per heavy atom. The number of ether oxygens (including phenoxy) is 1. The molecule has 0 fully saturated rings. The maximum atomic E-state index is 5.41. The quantitative estimate of drug-likeness (QED) is 0.688. The molecule has 0 amide bonds. The van der Waals surface area contributed by atoms with E-state index in [1.165, 1.54) is 0 Å². The summed E-state index contributed by atoms with van der Waals surface area (Å²) in [4.78, 5) is 7.93. The molecular formula is C10H10N2O. The van der Waals surface area contributed by atoms with Crippen molar-refractivity contribution in [3.05, 3.63) is 42.4 Å². The Kier molecular flexibility index (Phi) is 2.36. The number of allylic oxidation sites excluding steroid dienone is 3. The normalized spacial score (nSPS) is 15.2. The lowest BCUT2D eigenvalue weighted by molar-refractivity contribution is 0.403. The van der Waals surface area contributed by atoms with Crippen LogP contribution in [-0.2, 0) is 0 Å². The van der Waals surface area contributed by atoms with Crippen LogP contribution in [0.2, 0.25) is 0 Å². The fourth-order valence-corrected chi connectivity index (χ4v) is 1.11. The van der Waals surface area contributed by atoms with Crippen LogP contribution < -0.4 is 4.74 Å². The summed E-state index contributed by atoms with van der Waals surface area (Å²) in [6, 6.07) is 2.16. The van der Waals surface area contributed by atoms with E-state index in [0.29, 0.717) is 6.01 Å². The largest absolute Gasteiger partial charge is 0.425 e. The van der Waals surface area contributed by atoms with E-state index in [1.54, 1.807) is 18.5 Å². The van der Waals surface area contributed by atoms with Gasteiger partial charge in [-0.15, -0.1) is 0 Å². The first-order chi connectivity index (χ1) is 6.45. The molecule has 0 aromatic carbocycles. The van der Waals surface area contributed by atoms with Crippen LogP contribution in [0.1, 0.15) is 12.8 Å². The molecule has 0 saturated carbocycles. The Labute approximate surface area is 76.8 Å². The molecule has 1 aliphatic carbocycles. The van der Waals surface area contributed by atoms with Crippen LogP contribution in [0, 0.1) is 0 Å². The van der Waals surface area contributed by atoms with Gasteiger partial charge in [0.05, 0.1) is 0 Å². The van der Waals surface area contributed by atoms with E-state index in [-0.39, 0.29) is 0 Å². The molecule has 0 bridgehead atoms. The lowest BCUT2D eigenvalue weighted by Crippen LogP contribution is -1.98. The molecule has 0 aliphatic heterocycles. The summed E-state index contributed by atoms with van der Waals surface area (Å²) < 4.78 is 5.41. The molecule has 0 N–H and O–H groups in total. The Balaban J connectivity index is 2.06. The highest BCUT2D eigenvalue weighted by Gasteiger charge is 2.00. The van der Waals surface area contributed by atoms with Gasteiger partial charge in [-0.25, -0.2) is 9.97 Å². The van der Waals surface area contributed by atoms with E-state index in [4.69, 9.17) is 4.74 Å². The minimum atomic E-state index is 0.403. The number of rotatable bonds is 2. The number of nitrogens with zero attached hydrogens (tertiary/aromatic N) is 2. The van der Waals surface area contributed by atoms with Crippen molar-refractivity contribution in [1.82, 2.24) is 9.97 Å². The van der Waals surface area contributed by atoms with Gasteiger partial charge in [-0.05, 0) is 31.1 Å². The lowest BCUT2D eigenvalue weighted by Gasteiger charge is -2.06. The van der Waals surface area contributed by atoms with E-state index in [0.717, 1.165) is 18.6 Å². The van der Waals surface area contributed by atoms with Crippen LogP contribution >= 0.6 is 0 Å². The lowest BCUT2D eigenvalue weighted by atomic mass is 10.2. The summed E-state index contributed by atoms with van der Waals surface area (Å²) in [5.41, 5.74) is 0. The molecule has 1 aliphatic rings. The predicted molar refractivity (Wildman–Crippen MR) is 49.1 cm³/mol. The highest BCUT2D eigenvalue weighted by Crippen LogP contribution is 2.12. The van der Waals surface area contributed by atoms with Gasteiger partial charge in [-0.1, -0.05) is 6.08 Å². The average Bonchev–Trinajstić information content (AvgIpc) is 2.21. The van der Waals surface area contributed by atoms with Crippen LogP contribution in [-0.4, -0.2) is 9.97 Å². The van der Waals surface area contributed by atoms with Crippen LogP contribution in [0.15, 0.2) is 42.4 Å². The Hall–Kier alpha value is -1.64. The maximum Gasteiger partial charge on any atom is 0.321 e. The van der Waals surface area contributed by atoms with Crippen LogP contribution in [0.5, 0.6) is 6.01 Å². The number of hydrogen-bond donors (Lipinski definition) is 0. The van der Waals surface area contributed by atoms with Gasteiger partial charge in [0.2, 0.25) is 0 Å². The second kappa shape index (κ2) is 3.85. The highest BCUT2D eigenvalue weighted by atomic mass is 16.5. The second-order valence-corrected chi connectivity index (χ2v) is 2.72. The zero-order valence-corrected chi connectivity index (χ0v) is 7.18.